The Hall–Kier alpha value is -1.09. The molecule has 0 radical (unpaired) electrons. The summed E-state index contributed by atoms with van der Waals surface area (Å²) in [5.41, 5.74) is 1.10. The van der Waals surface area contributed by atoms with Crippen molar-refractivity contribution in [3.63, 3.8) is 0 Å². The maximum atomic E-state index is 4.55. The molecule has 7 heteroatoms. The molecule has 0 unspecified atom stereocenters. The molecule has 0 aliphatic carbocycles. The molecule has 0 spiro atoms. The van der Waals surface area contributed by atoms with Gasteiger partial charge in [-0.3, -0.25) is 0 Å². The van der Waals surface area contributed by atoms with Gasteiger partial charge in [0.2, 0.25) is 4.96 Å². The first-order valence-electron chi connectivity index (χ1n) is 5.44. The van der Waals surface area contributed by atoms with E-state index in [4.69, 9.17) is 0 Å². The Bertz CT molecular complexity index is 675. The molecule has 0 fully saturated rings. The number of hydrogen-bond acceptors (Lipinski definition) is 4. The summed E-state index contributed by atoms with van der Waals surface area (Å²) in [6.45, 7) is 2.05. The first-order valence-corrected chi connectivity index (χ1v) is 6.26. The molecule has 0 aliphatic rings. The Morgan fingerprint density at radius 2 is 2.22 bits per heavy atom. The first-order chi connectivity index (χ1) is 8.28. The molecule has 0 bridgehead atoms. The van der Waals surface area contributed by atoms with Crippen molar-refractivity contribution in [2.24, 2.45) is 7.05 Å². The van der Waals surface area contributed by atoms with E-state index in [-0.39, 0.29) is 24.0 Å². The van der Waals surface area contributed by atoms with E-state index in [1.807, 2.05) is 28.4 Å². The minimum atomic E-state index is 0. The summed E-state index contributed by atoms with van der Waals surface area (Å²) in [5, 5.41) is 13.7. The Morgan fingerprint density at radius 3 is 2.94 bits per heavy atom. The van der Waals surface area contributed by atoms with Crippen LogP contribution >= 0.6 is 11.3 Å². The van der Waals surface area contributed by atoms with E-state index in [0.29, 0.717) is 0 Å². The fourth-order valence-corrected chi connectivity index (χ4v) is 2.56. The monoisotopic (exact) mass is 373 g/mol. The highest BCUT2D eigenvalue weighted by molar-refractivity contribution is 7.19. The molecule has 0 saturated carbocycles. The molecule has 0 aliphatic heterocycles. The van der Waals surface area contributed by atoms with Gasteiger partial charge < -0.3 is 24.0 Å². The molecule has 0 amide bonds. The van der Waals surface area contributed by atoms with Gasteiger partial charge in [0.25, 0.3) is 0 Å². The van der Waals surface area contributed by atoms with Gasteiger partial charge in [0.15, 0.2) is 23.2 Å². The average Bonchev–Trinajstić information content (AvgIpc) is 2.87. The SMILES string of the molecule is CCc1nnc2sc(-c3ccc[n+](C)c3)nn12.[I-]. The summed E-state index contributed by atoms with van der Waals surface area (Å²) < 4.78 is 3.84. The van der Waals surface area contributed by atoms with Gasteiger partial charge in [-0.1, -0.05) is 18.3 Å². The molecule has 0 aromatic carbocycles. The van der Waals surface area contributed by atoms with Gasteiger partial charge in [-0.05, 0) is 6.07 Å². The standard InChI is InChI=1S/C11H12N5S.HI/c1-3-9-12-13-11-16(9)14-10(17-11)8-5-4-6-15(2)7-8;/h4-7H,3H2,1-2H3;1H/q+1;/p-1. The van der Waals surface area contributed by atoms with Crippen LogP contribution in [0.5, 0.6) is 0 Å². The van der Waals surface area contributed by atoms with Crippen LogP contribution < -0.4 is 28.5 Å². The number of nitrogens with zero attached hydrogens (tertiary/aromatic N) is 5. The third-order valence-electron chi connectivity index (χ3n) is 2.56. The zero-order valence-electron chi connectivity index (χ0n) is 10.0. The zero-order valence-corrected chi connectivity index (χ0v) is 13.0. The lowest BCUT2D eigenvalue weighted by Crippen LogP contribution is -3.00. The van der Waals surface area contributed by atoms with E-state index in [1.165, 1.54) is 0 Å². The summed E-state index contributed by atoms with van der Waals surface area (Å²) in [6.07, 6.45) is 4.89. The molecule has 3 aromatic heterocycles. The quantitative estimate of drug-likeness (QED) is 0.395. The van der Waals surface area contributed by atoms with E-state index in [9.17, 15) is 0 Å². The average molecular weight is 373 g/mol. The van der Waals surface area contributed by atoms with Crippen molar-refractivity contribution in [3.8, 4) is 10.6 Å². The van der Waals surface area contributed by atoms with E-state index in [1.54, 1.807) is 11.3 Å². The van der Waals surface area contributed by atoms with Crippen LogP contribution in [0.2, 0.25) is 0 Å². The van der Waals surface area contributed by atoms with Crippen molar-refractivity contribution in [3.05, 3.63) is 30.4 Å². The van der Waals surface area contributed by atoms with Crippen LogP contribution in [0.4, 0.5) is 0 Å². The van der Waals surface area contributed by atoms with Crippen LogP contribution in [0.3, 0.4) is 0 Å². The third-order valence-corrected chi connectivity index (χ3v) is 3.51. The second-order valence-electron chi connectivity index (χ2n) is 3.83. The number of rotatable bonds is 2. The van der Waals surface area contributed by atoms with Crippen LogP contribution in [0.1, 0.15) is 12.7 Å². The van der Waals surface area contributed by atoms with E-state index in [2.05, 4.69) is 34.5 Å². The summed E-state index contributed by atoms with van der Waals surface area (Å²) in [5.74, 6) is 0.905. The maximum Gasteiger partial charge on any atom is 0.234 e. The fourth-order valence-electron chi connectivity index (χ4n) is 1.71. The van der Waals surface area contributed by atoms with Crippen molar-refractivity contribution in [2.75, 3.05) is 0 Å². The highest BCUT2D eigenvalue weighted by atomic mass is 127. The second kappa shape index (κ2) is 5.27. The van der Waals surface area contributed by atoms with Crippen molar-refractivity contribution >= 4 is 16.3 Å². The summed E-state index contributed by atoms with van der Waals surface area (Å²) in [6, 6.07) is 4.07. The minimum absolute atomic E-state index is 0. The molecule has 3 rings (SSSR count). The molecule has 0 saturated heterocycles. The van der Waals surface area contributed by atoms with Gasteiger partial charge in [-0.2, -0.15) is 9.61 Å². The normalized spacial score (nSPS) is 10.6. The van der Waals surface area contributed by atoms with Crippen LogP contribution in [0.15, 0.2) is 24.5 Å². The zero-order chi connectivity index (χ0) is 11.8. The molecule has 0 N–H and O–H groups in total. The maximum absolute atomic E-state index is 4.55. The second-order valence-corrected chi connectivity index (χ2v) is 4.79. The van der Waals surface area contributed by atoms with Gasteiger partial charge in [-0.15, -0.1) is 10.2 Å². The van der Waals surface area contributed by atoms with Crippen molar-refractivity contribution < 1.29 is 28.5 Å². The molecule has 5 nitrogen and oxygen atoms in total. The van der Waals surface area contributed by atoms with Crippen LogP contribution in [-0.4, -0.2) is 19.8 Å². The van der Waals surface area contributed by atoms with E-state index in [0.717, 1.165) is 27.8 Å². The Labute approximate surface area is 126 Å². The Kier molecular flexibility index (Phi) is 3.91. The van der Waals surface area contributed by atoms with E-state index < -0.39 is 0 Å². The molecular weight excluding hydrogens is 361 g/mol. The predicted molar refractivity (Wildman–Crippen MR) is 64.6 cm³/mol. The lowest BCUT2D eigenvalue weighted by Gasteiger charge is -1.92. The Balaban J connectivity index is 0.00000120. The summed E-state index contributed by atoms with van der Waals surface area (Å²) in [7, 11) is 2.00. The van der Waals surface area contributed by atoms with Crippen molar-refractivity contribution in [1.82, 2.24) is 19.8 Å². The Morgan fingerprint density at radius 1 is 1.39 bits per heavy atom. The number of aryl methyl sites for hydroxylation is 2. The smallest absolute Gasteiger partial charge is 0.234 e. The van der Waals surface area contributed by atoms with Gasteiger partial charge in [0.1, 0.15) is 7.05 Å². The molecule has 18 heavy (non-hydrogen) atoms. The number of fused-ring (bicyclic) bond motifs is 1. The molecule has 0 atom stereocenters. The number of halogens is 1. The van der Waals surface area contributed by atoms with Crippen LogP contribution in [0.25, 0.3) is 15.5 Å². The van der Waals surface area contributed by atoms with E-state index >= 15 is 0 Å². The number of hydrogen-bond donors (Lipinski definition) is 0. The molecular formula is C11H12IN5S. The number of pyridine rings is 1. The largest absolute Gasteiger partial charge is 1.00 e. The summed E-state index contributed by atoms with van der Waals surface area (Å²) in [4.78, 5) is 0.850. The van der Waals surface area contributed by atoms with Gasteiger partial charge >= 0.3 is 0 Å². The van der Waals surface area contributed by atoms with Gasteiger partial charge in [-0.25, -0.2) is 4.57 Å². The highest BCUT2D eigenvalue weighted by Gasteiger charge is 2.13. The third kappa shape index (κ3) is 2.24. The van der Waals surface area contributed by atoms with Crippen LogP contribution in [-0.2, 0) is 13.5 Å². The van der Waals surface area contributed by atoms with Crippen LogP contribution in [0, 0.1) is 0 Å². The summed E-state index contributed by atoms with van der Waals surface area (Å²) >= 11 is 1.56. The fraction of sp³-hybridized carbons (Fsp3) is 0.273. The minimum Gasteiger partial charge on any atom is -1.00 e. The molecule has 3 heterocycles. The highest BCUT2D eigenvalue weighted by Crippen LogP contribution is 2.24. The van der Waals surface area contributed by atoms with Crippen molar-refractivity contribution in [2.45, 2.75) is 13.3 Å². The molecule has 94 valence electrons. The predicted octanol–water partition coefficient (Wildman–Crippen LogP) is -1.76. The van der Waals surface area contributed by atoms with Gasteiger partial charge in [0.05, 0.1) is 5.56 Å². The topological polar surface area (TPSA) is 47.0 Å². The van der Waals surface area contributed by atoms with Crippen molar-refractivity contribution in [1.29, 1.82) is 0 Å². The number of aromatic nitrogens is 5. The first kappa shape index (κ1) is 13.3. The lowest BCUT2D eigenvalue weighted by molar-refractivity contribution is -0.671. The molecule has 3 aromatic rings. The van der Waals surface area contributed by atoms with Gasteiger partial charge in [0, 0.05) is 12.5 Å². The lowest BCUT2D eigenvalue weighted by atomic mass is 10.3.